The van der Waals surface area contributed by atoms with Gasteiger partial charge in [0.05, 0.1) is 11.2 Å². The predicted molar refractivity (Wildman–Crippen MR) is 49.3 cm³/mol. The third-order valence-electron chi connectivity index (χ3n) is 6.74. The first kappa shape index (κ1) is 7.24. The summed E-state index contributed by atoms with van der Waals surface area (Å²) < 4.78 is 0. The van der Waals surface area contributed by atoms with E-state index in [-0.39, 0.29) is 0 Å². The second-order valence-electron chi connectivity index (χ2n) is 6.54. The van der Waals surface area contributed by atoms with E-state index in [1.165, 1.54) is 12.8 Å². The summed E-state index contributed by atoms with van der Waals surface area (Å²) in [5.74, 6) is 4.11. The van der Waals surface area contributed by atoms with Gasteiger partial charge in [-0.15, -0.1) is 0 Å². The molecule has 0 aromatic rings. The molecule has 0 radical (unpaired) electrons. The van der Waals surface area contributed by atoms with Gasteiger partial charge in [0.2, 0.25) is 0 Å². The average molecular weight is 192 g/mol. The van der Waals surface area contributed by atoms with Crippen LogP contribution in [0.3, 0.4) is 0 Å². The molecule has 6 aliphatic rings. The Morgan fingerprint density at radius 2 is 1.14 bits per heavy atom. The summed E-state index contributed by atoms with van der Waals surface area (Å²) in [7, 11) is 0. The zero-order chi connectivity index (χ0) is 9.29. The number of fused-ring (bicyclic) bond motifs is 2. The first-order valence-electron chi connectivity index (χ1n) is 6.11. The molecule has 0 spiro atoms. The summed E-state index contributed by atoms with van der Waals surface area (Å²) in [6.07, 6.45) is 4.53. The van der Waals surface area contributed by atoms with Gasteiger partial charge in [0.1, 0.15) is 0 Å². The lowest BCUT2D eigenvalue weighted by Gasteiger charge is -2.63. The molecule has 0 aromatic heterocycles. The van der Waals surface area contributed by atoms with Crippen LogP contribution in [0, 0.1) is 35.5 Å². The highest BCUT2D eigenvalue weighted by molar-refractivity contribution is 5.36. The lowest BCUT2D eigenvalue weighted by molar-refractivity contribution is -0.299. The molecule has 8 unspecified atom stereocenters. The quantitative estimate of drug-likeness (QED) is 0.595. The van der Waals surface area contributed by atoms with Crippen molar-refractivity contribution in [1.82, 2.24) is 0 Å². The van der Waals surface area contributed by atoms with Crippen molar-refractivity contribution in [3.8, 4) is 0 Å². The molecular formula is C12H16O2. The van der Waals surface area contributed by atoms with Crippen LogP contribution < -0.4 is 0 Å². The fourth-order valence-corrected chi connectivity index (χ4v) is 6.61. The molecule has 0 saturated heterocycles. The van der Waals surface area contributed by atoms with Crippen LogP contribution in [-0.2, 0) is 0 Å². The van der Waals surface area contributed by atoms with Gasteiger partial charge < -0.3 is 10.2 Å². The zero-order valence-corrected chi connectivity index (χ0v) is 8.19. The first-order valence-corrected chi connectivity index (χ1v) is 6.11. The van der Waals surface area contributed by atoms with Crippen LogP contribution in [0.2, 0.25) is 0 Å². The third kappa shape index (κ3) is 0.396. The minimum Gasteiger partial charge on any atom is -0.387 e. The van der Waals surface area contributed by atoms with E-state index in [1.54, 1.807) is 0 Å². The minimum absolute atomic E-state index is 0.495. The fourth-order valence-electron chi connectivity index (χ4n) is 6.61. The third-order valence-corrected chi connectivity index (χ3v) is 6.74. The fraction of sp³-hybridized carbons (Fsp3) is 1.00. The highest BCUT2D eigenvalue weighted by Crippen LogP contribution is 2.82. The van der Waals surface area contributed by atoms with Crippen LogP contribution in [0.1, 0.15) is 25.7 Å². The standard InChI is InChI=1S/C12H16O2/c13-11-3-7-5-1-2-6-8(7)4-12(11,14)10(6)9(5)11/h5-10,13-14H,1-4H2. The van der Waals surface area contributed by atoms with E-state index in [0.29, 0.717) is 11.8 Å². The largest absolute Gasteiger partial charge is 0.387 e. The summed E-state index contributed by atoms with van der Waals surface area (Å²) in [4.78, 5) is 0. The van der Waals surface area contributed by atoms with Gasteiger partial charge in [-0.05, 0) is 61.2 Å². The van der Waals surface area contributed by atoms with Crippen LogP contribution in [0.25, 0.3) is 0 Å². The number of rotatable bonds is 0. The zero-order valence-electron chi connectivity index (χ0n) is 8.19. The molecule has 0 aliphatic heterocycles. The summed E-state index contributed by atoms with van der Waals surface area (Å²) in [5, 5.41) is 21.1. The van der Waals surface area contributed by atoms with E-state index in [1.807, 2.05) is 0 Å². The monoisotopic (exact) mass is 192 g/mol. The van der Waals surface area contributed by atoms with E-state index in [2.05, 4.69) is 0 Å². The van der Waals surface area contributed by atoms with Gasteiger partial charge in [0.25, 0.3) is 0 Å². The molecule has 0 amide bonds. The van der Waals surface area contributed by atoms with Crippen molar-refractivity contribution < 1.29 is 10.2 Å². The topological polar surface area (TPSA) is 40.5 Å². The molecule has 14 heavy (non-hydrogen) atoms. The molecule has 2 heteroatoms. The van der Waals surface area contributed by atoms with Gasteiger partial charge in [0, 0.05) is 0 Å². The van der Waals surface area contributed by atoms with Crippen LogP contribution >= 0.6 is 0 Å². The highest BCUT2D eigenvalue weighted by atomic mass is 16.4. The van der Waals surface area contributed by atoms with Crippen LogP contribution in [0.4, 0.5) is 0 Å². The maximum atomic E-state index is 10.6. The van der Waals surface area contributed by atoms with Gasteiger partial charge >= 0.3 is 0 Å². The molecule has 6 aliphatic carbocycles. The molecule has 2 nitrogen and oxygen atoms in total. The van der Waals surface area contributed by atoms with Crippen molar-refractivity contribution in [3.63, 3.8) is 0 Å². The summed E-state index contributed by atoms with van der Waals surface area (Å²) >= 11 is 0. The van der Waals surface area contributed by atoms with E-state index in [0.717, 1.165) is 36.5 Å². The Morgan fingerprint density at radius 1 is 0.714 bits per heavy atom. The van der Waals surface area contributed by atoms with Crippen LogP contribution in [0.15, 0.2) is 0 Å². The van der Waals surface area contributed by atoms with Gasteiger partial charge in [-0.2, -0.15) is 0 Å². The average Bonchev–Trinajstić information content (AvgIpc) is 2.52. The molecule has 0 aromatic carbocycles. The van der Waals surface area contributed by atoms with Crippen molar-refractivity contribution in [2.24, 2.45) is 35.5 Å². The molecule has 6 rings (SSSR count). The SMILES string of the molecule is OC12CC3C4CC1(O)C1C4CCC3C12. The maximum Gasteiger partial charge on any atom is 0.0973 e. The van der Waals surface area contributed by atoms with Crippen molar-refractivity contribution in [2.75, 3.05) is 0 Å². The van der Waals surface area contributed by atoms with Crippen molar-refractivity contribution in [1.29, 1.82) is 0 Å². The number of aliphatic hydroxyl groups is 2. The Kier molecular flexibility index (Phi) is 0.825. The molecule has 6 bridgehead atoms. The normalized spacial score (nSPS) is 81.0. The number of hydrogen-bond acceptors (Lipinski definition) is 2. The highest BCUT2D eigenvalue weighted by Gasteiger charge is 2.87. The summed E-state index contributed by atoms with van der Waals surface area (Å²) in [6, 6.07) is 0. The van der Waals surface area contributed by atoms with Gasteiger partial charge in [-0.3, -0.25) is 0 Å². The van der Waals surface area contributed by atoms with Crippen molar-refractivity contribution in [2.45, 2.75) is 36.9 Å². The second kappa shape index (κ2) is 1.60. The van der Waals surface area contributed by atoms with Crippen molar-refractivity contribution >= 4 is 0 Å². The van der Waals surface area contributed by atoms with Crippen molar-refractivity contribution in [3.05, 3.63) is 0 Å². The molecule has 8 atom stereocenters. The van der Waals surface area contributed by atoms with E-state index in [9.17, 15) is 10.2 Å². The Morgan fingerprint density at radius 3 is 1.57 bits per heavy atom. The number of hydrogen-bond donors (Lipinski definition) is 2. The molecular weight excluding hydrogens is 176 g/mol. The van der Waals surface area contributed by atoms with E-state index >= 15 is 0 Å². The molecule has 76 valence electrons. The lowest BCUT2D eigenvalue weighted by atomic mass is 9.46. The second-order valence-corrected chi connectivity index (χ2v) is 6.54. The van der Waals surface area contributed by atoms with Crippen LogP contribution in [0.5, 0.6) is 0 Å². The Labute approximate surface area is 83.3 Å². The predicted octanol–water partition coefficient (Wildman–Crippen LogP) is 0.774. The minimum atomic E-state index is -0.640. The van der Waals surface area contributed by atoms with Crippen LogP contribution in [-0.4, -0.2) is 21.4 Å². The Bertz CT molecular complexity index is 316. The Balaban J connectivity index is 1.83. The molecule has 0 heterocycles. The summed E-state index contributed by atoms with van der Waals surface area (Å²) in [5.41, 5.74) is -1.28. The van der Waals surface area contributed by atoms with Gasteiger partial charge in [-0.1, -0.05) is 0 Å². The van der Waals surface area contributed by atoms with E-state index in [4.69, 9.17) is 0 Å². The maximum absolute atomic E-state index is 10.6. The lowest BCUT2D eigenvalue weighted by Crippen LogP contribution is -2.74. The molecule has 6 fully saturated rings. The Hall–Kier alpha value is -0.0800. The smallest absolute Gasteiger partial charge is 0.0973 e. The molecule has 6 saturated carbocycles. The first-order chi connectivity index (χ1) is 6.67. The molecule has 2 N–H and O–H groups in total. The van der Waals surface area contributed by atoms with Gasteiger partial charge in [0.15, 0.2) is 0 Å². The van der Waals surface area contributed by atoms with E-state index < -0.39 is 11.2 Å². The summed E-state index contributed by atoms with van der Waals surface area (Å²) in [6.45, 7) is 0. The van der Waals surface area contributed by atoms with Gasteiger partial charge in [-0.25, -0.2) is 0 Å².